The third-order valence-corrected chi connectivity index (χ3v) is 2.92. The second kappa shape index (κ2) is 3.77. The SMILES string of the molecule is CC1CC1CNc1nccc(C#N)c1N. The van der Waals surface area contributed by atoms with E-state index in [1.54, 1.807) is 12.3 Å². The fraction of sp³-hybridized carbons (Fsp3) is 0.455. The van der Waals surface area contributed by atoms with Gasteiger partial charge in [0.25, 0.3) is 0 Å². The summed E-state index contributed by atoms with van der Waals surface area (Å²) in [7, 11) is 0. The fourth-order valence-electron chi connectivity index (χ4n) is 1.62. The number of nitrogens with one attached hydrogen (secondary N) is 1. The molecule has 1 heterocycles. The molecule has 1 aliphatic rings. The Bertz CT molecular complexity index is 408. The molecule has 0 spiro atoms. The molecule has 0 aromatic carbocycles. The van der Waals surface area contributed by atoms with Gasteiger partial charge in [0.05, 0.1) is 11.3 Å². The van der Waals surface area contributed by atoms with Crippen molar-refractivity contribution < 1.29 is 0 Å². The molecule has 1 aliphatic carbocycles. The van der Waals surface area contributed by atoms with Crippen LogP contribution in [0.4, 0.5) is 11.5 Å². The Morgan fingerprint density at radius 3 is 3.07 bits per heavy atom. The largest absolute Gasteiger partial charge is 0.395 e. The number of nitrogens with two attached hydrogens (primary N) is 1. The molecular formula is C11H14N4. The quantitative estimate of drug-likeness (QED) is 0.780. The van der Waals surface area contributed by atoms with Gasteiger partial charge in [0, 0.05) is 12.7 Å². The van der Waals surface area contributed by atoms with E-state index in [-0.39, 0.29) is 0 Å². The number of nitrogens with zero attached hydrogens (tertiary/aromatic N) is 2. The van der Waals surface area contributed by atoms with Crippen molar-refractivity contribution in [2.75, 3.05) is 17.6 Å². The minimum atomic E-state index is 0.452. The summed E-state index contributed by atoms with van der Waals surface area (Å²) >= 11 is 0. The van der Waals surface area contributed by atoms with Crippen LogP contribution >= 0.6 is 0 Å². The lowest BCUT2D eigenvalue weighted by molar-refractivity contribution is 0.785. The summed E-state index contributed by atoms with van der Waals surface area (Å²) in [6.45, 7) is 3.13. The molecule has 0 aliphatic heterocycles. The molecule has 15 heavy (non-hydrogen) atoms. The molecule has 0 bridgehead atoms. The zero-order valence-corrected chi connectivity index (χ0v) is 8.70. The highest BCUT2D eigenvalue weighted by molar-refractivity contribution is 5.68. The van der Waals surface area contributed by atoms with E-state index in [4.69, 9.17) is 11.0 Å². The van der Waals surface area contributed by atoms with Crippen LogP contribution in [0.3, 0.4) is 0 Å². The van der Waals surface area contributed by atoms with Gasteiger partial charge in [-0.3, -0.25) is 0 Å². The number of nitriles is 1. The van der Waals surface area contributed by atoms with E-state index in [1.807, 2.05) is 6.07 Å². The molecule has 1 aromatic rings. The summed E-state index contributed by atoms with van der Waals surface area (Å²) in [6.07, 6.45) is 2.87. The standard InChI is InChI=1S/C11H14N4/c1-7-4-9(7)6-15-11-10(13)8(5-12)2-3-14-11/h2-3,7,9H,4,6,13H2,1H3,(H,14,15). The van der Waals surface area contributed by atoms with Gasteiger partial charge in [-0.25, -0.2) is 4.98 Å². The van der Waals surface area contributed by atoms with Crippen LogP contribution in [0.2, 0.25) is 0 Å². The third-order valence-electron chi connectivity index (χ3n) is 2.92. The smallest absolute Gasteiger partial charge is 0.150 e. The first kappa shape index (κ1) is 9.78. The van der Waals surface area contributed by atoms with E-state index in [9.17, 15) is 0 Å². The van der Waals surface area contributed by atoms with Crippen LogP contribution in [0, 0.1) is 23.2 Å². The van der Waals surface area contributed by atoms with Gasteiger partial charge in [-0.2, -0.15) is 5.26 Å². The minimum Gasteiger partial charge on any atom is -0.395 e. The Morgan fingerprint density at radius 1 is 1.73 bits per heavy atom. The summed E-state index contributed by atoms with van der Waals surface area (Å²) in [5.41, 5.74) is 6.72. The summed E-state index contributed by atoms with van der Waals surface area (Å²) in [5, 5.41) is 12.0. The molecule has 4 nitrogen and oxygen atoms in total. The minimum absolute atomic E-state index is 0.452. The van der Waals surface area contributed by atoms with Crippen molar-refractivity contribution in [1.82, 2.24) is 4.98 Å². The molecule has 78 valence electrons. The van der Waals surface area contributed by atoms with Crippen LogP contribution in [0.25, 0.3) is 0 Å². The van der Waals surface area contributed by atoms with E-state index in [2.05, 4.69) is 17.2 Å². The second-order valence-corrected chi connectivity index (χ2v) is 4.09. The first-order valence-corrected chi connectivity index (χ1v) is 5.11. The summed E-state index contributed by atoms with van der Waals surface area (Å²) in [6, 6.07) is 3.67. The first-order valence-electron chi connectivity index (χ1n) is 5.11. The van der Waals surface area contributed by atoms with Crippen LogP contribution in [-0.2, 0) is 0 Å². The van der Waals surface area contributed by atoms with E-state index >= 15 is 0 Å². The number of rotatable bonds is 3. The van der Waals surface area contributed by atoms with Gasteiger partial charge in [-0.15, -0.1) is 0 Å². The van der Waals surface area contributed by atoms with Crippen molar-refractivity contribution in [3.8, 4) is 6.07 Å². The van der Waals surface area contributed by atoms with Crippen LogP contribution in [0.15, 0.2) is 12.3 Å². The molecule has 2 atom stereocenters. The third kappa shape index (κ3) is 2.01. The normalized spacial score (nSPS) is 23.2. The molecule has 4 heteroatoms. The highest BCUT2D eigenvalue weighted by Crippen LogP contribution is 2.37. The van der Waals surface area contributed by atoms with Gasteiger partial charge in [0.1, 0.15) is 6.07 Å². The monoisotopic (exact) mass is 202 g/mol. The molecule has 2 unspecified atom stereocenters. The van der Waals surface area contributed by atoms with E-state index in [0.717, 1.165) is 18.4 Å². The van der Waals surface area contributed by atoms with Crippen molar-refractivity contribution in [1.29, 1.82) is 5.26 Å². The lowest BCUT2D eigenvalue weighted by Crippen LogP contribution is -2.09. The predicted molar refractivity (Wildman–Crippen MR) is 59.1 cm³/mol. The Hall–Kier alpha value is -1.76. The summed E-state index contributed by atoms with van der Waals surface area (Å²) in [5.74, 6) is 2.17. The number of pyridine rings is 1. The maximum atomic E-state index is 8.79. The zero-order chi connectivity index (χ0) is 10.8. The molecule has 1 saturated carbocycles. The molecule has 0 radical (unpaired) electrons. The zero-order valence-electron chi connectivity index (χ0n) is 8.70. The molecule has 0 amide bonds. The molecule has 3 N–H and O–H groups in total. The average molecular weight is 202 g/mol. The van der Waals surface area contributed by atoms with Crippen LogP contribution < -0.4 is 11.1 Å². The topological polar surface area (TPSA) is 74.7 Å². The molecule has 0 saturated heterocycles. The Kier molecular flexibility index (Phi) is 2.46. The van der Waals surface area contributed by atoms with E-state index in [1.165, 1.54) is 6.42 Å². The van der Waals surface area contributed by atoms with Crippen molar-refractivity contribution in [3.63, 3.8) is 0 Å². The predicted octanol–water partition coefficient (Wildman–Crippen LogP) is 1.60. The second-order valence-electron chi connectivity index (χ2n) is 4.09. The Labute approximate surface area is 89.1 Å². The highest BCUT2D eigenvalue weighted by atomic mass is 15.0. The van der Waals surface area contributed by atoms with Gasteiger partial charge >= 0.3 is 0 Å². The van der Waals surface area contributed by atoms with Gasteiger partial charge in [-0.05, 0) is 24.3 Å². The lowest BCUT2D eigenvalue weighted by atomic mass is 10.2. The molecule has 2 rings (SSSR count). The van der Waals surface area contributed by atoms with Gasteiger partial charge in [-0.1, -0.05) is 6.92 Å². The maximum absolute atomic E-state index is 8.79. The number of aromatic nitrogens is 1. The fourth-order valence-corrected chi connectivity index (χ4v) is 1.62. The summed E-state index contributed by atoms with van der Waals surface area (Å²) in [4.78, 5) is 4.12. The van der Waals surface area contributed by atoms with Crippen LogP contribution in [0.5, 0.6) is 0 Å². The van der Waals surface area contributed by atoms with Crippen molar-refractivity contribution in [2.24, 2.45) is 11.8 Å². The van der Waals surface area contributed by atoms with Crippen molar-refractivity contribution >= 4 is 11.5 Å². The molecular weight excluding hydrogens is 188 g/mol. The number of hydrogen-bond donors (Lipinski definition) is 2. The van der Waals surface area contributed by atoms with Gasteiger partial charge in [0.15, 0.2) is 5.82 Å². The van der Waals surface area contributed by atoms with Crippen LogP contribution in [-0.4, -0.2) is 11.5 Å². The summed E-state index contributed by atoms with van der Waals surface area (Å²) < 4.78 is 0. The van der Waals surface area contributed by atoms with Crippen molar-refractivity contribution in [3.05, 3.63) is 17.8 Å². The van der Waals surface area contributed by atoms with Crippen LogP contribution in [0.1, 0.15) is 18.9 Å². The van der Waals surface area contributed by atoms with E-state index in [0.29, 0.717) is 17.1 Å². The van der Waals surface area contributed by atoms with Crippen molar-refractivity contribution in [2.45, 2.75) is 13.3 Å². The number of anilines is 2. The van der Waals surface area contributed by atoms with Gasteiger partial charge in [0.2, 0.25) is 0 Å². The number of hydrogen-bond acceptors (Lipinski definition) is 4. The van der Waals surface area contributed by atoms with E-state index < -0.39 is 0 Å². The Morgan fingerprint density at radius 2 is 2.47 bits per heavy atom. The average Bonchev–Trinajstić information content (AvgIpc) is 2.93. The van der Waals surface area contributed by atoms with Gasteiger partial charge < -0.3 is 11.1 Å². The molecule has 1 aromatic heterocycles. The maximum Gasteiger partial charge on any atom is 0.150 e. The Balaban J connectivity index is 2.05. The molecule has 1 fully saturated rings. The number of nitrogen functional groups attached to an aromatic ring is 1. The lowest BCUT2D eigenvalue weighted by Gasteiger charge is -2.08. The highest BCUT2D eigenvalue weighted by Gasteiger charge is 2.32. The first-order chi connectivity index (χ1) is 7.22.